The van der Waals surface area contributed by atoms with Crippen LogP contribution in [0.2, 0.25) is 0 Å². The lowest BCUT2D eigenvalue weighted by molar-refractivity contribution is -0.143. The zero-order valence-corrected chi connectivity index (χ0v) is 14.6. The van der Waals surface area contributed by atoms with Gasteiger partial charge in [-0.2, -0.15) is 0 Å². The van der Waals surface area contributed by atoms with Crippen molar-refractivity contribution in [3.8, 4) is 0 Å². The Morgan fingerprint density at radius 3 is 2.52 bits per heavy atom. The van der Waals surface area contributed by atoms with Crippen LogP contribution in [0.1, 0.15) is 25.0 Å². The van der Waals surface area contributed by atoms with Crippen molar-refractivity contribution in [2.24, 2.45) is 0 Å². The number of halogens is 1. The van der Waals surface area contributed by atoms with E-state index in [1.54, 1.807) is 19.1 Å². The first-order valence-electron chi connectivity index (χ1n) is 7.93. The molecule has 7 nitrogen and oxygen atoms in total. The van der Waals surface area contributed by atoms with Crippen LogP contribution in [0.4, 0.5) is 4.39 Å². The Kier molecular flexibility index (Phi) is 8.00. The fourth-order valence-electron chi connectivity index (χ4n) is 2.13. The van der Waals surface area contributed by atoms with Crippen molar-refractivity contribution in [3.63, 3.8) is 0 Å². The molecule has 138 valence electrons. The quantitative estimate of drug-likeness (QED) is 0.606. The summed E-state index contributed by atoms with van der Waals surface area (Å²) >= 11 is 0. The second-order valence-corrected chi connectivity index (χ2v) is 5.83. The number of benzene rings is 1. The highest BCUT2D eigenvalue weighted by Gasteiger charge is 2.22. The van der Waals surface area contributed by atoms with E-state index in [0.29, 0.717) is 11.1 Å². The van der Waals surface area contributed by atoms with Crippen molar-refractivity contribution in [3.05, 3.63) is 35.1 Å². The molecule has 0 heterocycles. The molecule has 0 saturated heterocycles. The van der Waals surface area contributed by atoms with Gasteiger partial charge in [0.2, 0.25) is 11.8 Å². The molecule has 0 bridgehead atoms. The molecule has 1 rings (SSSR count). The zero-order chi connectivity index (χ0) is 19.0. The van der Waals surface area contributed by atoms with Gasteiger partial charge in [0.1, 0.15) is 11.9 Å². The highest BCUT2D eigenvalue weighted by atomic mass is 19.1. The Bertz CT molecular complexity index is 636. The van der Waals surface area contributed by atoms with Gasteiger partial charge in [-0.15, -0.1) is 0 Å². The number of aliphatic carboxylic acids is 1. The predicted molar refractivity (Wildman–Crippen MR) is 90.3 cm³/mol. The largest absolute Gasteiger partial charge is 0.480 e. The van der Waals surface area contributed by atoms with Crippen molar-refractivity contribution >= 4 is 17.8 Å². The molecule has 0 aliphatic rings. The first-order chi connectivity index (χ1) is 11.7. The third-order valence-corrected chi connectivity index (χ3v) is 3.75. The smallest absolute Gasteiger partial charge is 0.320 e. The summed E-state index contributed by atoms with van der Waals surface area (Å²) in [5.41, 5.74) is 1.14. The molecular weight excluding hydrogens is 329 g/mol. The van der Waals surface area contributed by atoms with E-state index in [9.17, 15) is 18.8 Å². The molecule has 8 heteroatoms. The maximum atomic E-state index is 13.5. The van der Waals surface area contributed by atoms with Crippen LogP contribution in [0.5, 0.6) is 0 Å². The lowest BCUT2D eigenvalue weighted by Crippen LogP contribution is -2.47. The topological polar surface area (TPSA) is 98.7 Å². The highest BCUT2D eigenvalue weighted by Crippen LogP contribution is 2.09. The van der Waals surface area contributed by atoms with Crippen LogP contribution >= 0.6 is 0 Å². The second-order valence-electron chi connectivity index (χ2n) is 5.83. The predicted octanol–water partition coefficient (Wildman–Crippen LogP) is 0.662. The number of hydrogen-bond donors (Lipinski definition) is 3. The van der Waals surface area contributed by atoms with Crippen LogP contribution in [0, 0.1) is 12.7 Å². The third kappa shape index (κ3) is 7.30. The van der Waals surface area contributed by atoms with Crippen molar-refractivity contribution < 1.29 is 23.9 Å². The molecule has 0 aromatic heterocycles. The normalized spacial score (nSPS) is 11.9. The van der Waals surface area contributed by atoms with Crippen LogP contribution in [0.25, 0.3) is 0 Å². The van der Waals surface area contributed by atoms with Gasteiger partial charge in [-0.25, -0.2) is 4.39 Å². The second kappa shape index (κ2) is 9.73. The maximum Gasteiger partial charge on any atom is 0.320 e. The van der Waals surface area contributed by atoms with Crippen LogP contribution in [0.15, 0.2) is 18.2 Å². The molecule has 25 heavy (non-hydrogen) atoms. The van der Waals surface area contributed by atoms with Gasteiger partial charge < -0.3 is 15.7 Å². The summed E-state index contributed by atoms with van der Waals surface area (Å²) in [6.45, 7) is 4.95. The minimum absolute atomic E-state index is 0.138. The molecule has 0 saturated carbocycles. The average Bonchev–Trinajstić information content (AvgIpc) is 2.54. The molecule has 0 aliphatic carbocycles. The van der Waals surface area contributed by atoms with E-state index in [1.807, 2.05) is 0 Å². The van der Waals surface area contributed by atoms with Gasteiger partial charge >= 0.3 is 5.97 Å². The molecule has 1 atom stereocenters. The number of carbonyl (C=O) groups is 3. The SMILES string of the molecule is CC(=O)NCCN(CC(=O)NCc1ccc(C)c(F)c1)C(C)C(=O)O. The van der Waals surface area contributed by atoms with E-state index in [2.05, 4.69) is 10.6 Å². The standard InChI is InChI=1S/C17H24FN3O4/c1-11-4-5-14(8-15(11)18)9-20-16(23)10-21(12(2)17(24)25)7-6-19-13(3)22/h4-5,8,12H,6-7,9-10H2,1-3H3,(H,19,22)(H,20,23)(H,24,25). The van der Waals surface area contributed by atoms with Crippen LogP contribution < -0.4 is 10.6 Å². The number of carboxylic acid groups (broad SMARTS) is 1. The van der Waals surface area contributed by atoms with E-state index in [-0.39, 0.29) is 43.8 Å². The van der Waals surface area contributed by atoms with Gasteiger partial charge in [0, 0.05) is 26.6 Å². The summed E-state index contributed by atoms with van der Waals surface area (Å²) in [6, 6.07) is 3.82. The molecule has 0 spiro atoms. The fraction of sp³-hybridized carbons (Fsp3) is 0.471. The minimum atomic E-state index is -1.06. The van der Waals surface area contributed by atoms with E-state index in [4.69, 9.17) is 5.11 Å². The molecule has 0 fully saturated rings. The number of amides is 2. The average molecular weight is 353 g/mol. The van der Waals surface area contributed by atoms with Crippen LogP contribution in [0.3, 0.4) is 0 Å². The molecule has 1 aromatic rings. The number of nitrogens with zero attached hydrogens (tertiary/aromatic N) is 1. The van der Waals surface area contributed by atoms with Crippen molar-refractivity contribution in [1.82, 2.24) is 15.5 Å². The maximum absolute atomic E-state index is 13.5. The Hall–Kier alpha value is -2.48. The lowest BCUT2D eigenvalue weighted by Gasteiger charge is -2.25. The fourth-order valence-corrected chi connectivity index (χ4v) is 2.13. The lowest BCUT2D eigenvalue weighted by atomic mass is 10.1. The number of carbonyl (C=O) groups excluding carboxylic acids is 2. The van der Waals surface area contributed by atoms with E-state index >= 15 is 0 Å². The zero-order valence-electron chi connectivity index (χ0n) is 14.6. The Morgan fingerprint density at radius 2 is 1.96 bits per heavy atom. The van der Waals surface area contributed by atoms with Gasteiger partial charge in [-0.3, -0.25) is 19.3 Å². The summed E-state index contributed by atoms with van der Waals surface area (Å²) in [5.74, 6) is -2.01. The van der Waals surface area contributed by atoms with Gasteiger partial charge in [0.25, 0.3) is 0 Å². The molecule has 0 aliphatic heterocycles. The summed E-state index contributed by atoms with van der Waals surface area (Å²) in [6.07, 6.45) is 0. The van der Waals surface area contributed by atoms with E-state index in [0.717, 1.165) is 0 Å². The van der Waals surface area contributed by atoms with Gasteiger partial charge in [0.15, 0.2) is 0 Å². The third-order valence-electron chi connectivity index (χ3n) is 3.75. The summed E-state index contributed by atoms with van der Waals surface area (Å²) < 4.78 is 13.5. The van der Waals surface area contributed by atoms with Gasteiger partial charge in [-0.05, 0) is 31.0 Å². The van der Waals surface area contributed by atoms with Crippen molar-refractivity contribution in [2.75, 3.05) is 19.6 Å². The monoisotopic (exact) mass is 353 g/mol. The van der Waals surface area contributed by atoms with Crippen molar-refractivity contribution in [2.45, 2.75) is 33.4 Å². The molecule has 1 aromatic carbocycles. The molecule has 3 N–H and O–H groups in total. The van der Waals surface area contributed by atoms with E-state index in [1.165, 1.54) is 24.8 Å². The van der Waals surface area contributed by atoms with Crippen LogP contribution in [-0.4, -0.2) is 53.5 Å². The summed E-state index contributed by atoms with van der Waals surface area (Å²) in [5, 5.41) is 14.3. The Balaban J connectivity index is 2.58. The molecule has 0 radical (unpaired) electrons. The van der Waals surface area contributed by atoms with Gasteiger partial charge in [0.05, 0.1) is 6.54 Å². The first kappa shape index (κ1) is 20.6. The summed E-state index contributed by atoms with van der Waals surface area (Å²) in [7, 11) is 0. The number of hydrogen-bond acceptors (Lipinski definition) is 4. The minimum Gasteiger partial charge on any atom is -0.480 e. The number of aryl methyl sites for hydroxylation is 1. The van der Waals surface area contributed by atoms with Crippen molar-refractivity contribution in [1.29, 1.82) is 0 Å². The van der Waals surface area contributed by atoms with E-state index < -0.39 is 12.0 Å². The summed E-state index contributed by atoms with van der Waals surface area (Å²) in [4.78, 5) is 35.6. The first-order valence-corrected chi connectivity index (χ1v) is 7.93. The Labute approximate surface area is 146 Å². The van der Waals surface area contributed by atoms with Crippen LogP contribution in [-0.2, 0) is 20.9 Å². The molecule has 1 unspecified atom stereocenters. The number of rotatable bonds is 9. The number of carboxylic acids is 1. The molecule has 2 amide bonds. The Morgan fingerprint density at radius 1 is 1.28 bits per heavy atom. The number of nitrogens with one attached hydrogen (secondary N) is 2. The van der Waals surface area contributed by atoms with Gasteiger partial charge in [-0.1, -0.05) is 12.1 Å². The highest BCUT2D eigenvalue weighted by molar-refractivity contribution is 5.79. The molecular formula is C17H24FN3O4.